The van der Waals surface area contributed by atoms with E-state index in [2.05, 4.69) is 30.9 Å². The Morgan fingerprint density at radius 1 is 1.17 bits per heavy atom. The van der Waals surface area contributed by atoms with Crippen LogP contribution in [0.4, 0.5) is 16.0 Å². The number of halogens is 1. The van der Waals surface area contributed by atoms with Crippen molar-refractivity contribution in [1.82, 2.24) is 19.9 Å². The fourth-order valence-electron chi connectivity index (χ4n) is 3.09. The Morgan fingerprint density at radius 2 is 1.97 bits per heavy atom. The summed E-state index contributed by atoms with van der Waals surface area (Å²) in [7, 11) is 0. The predicted molar refractivity (Wildman–Crippen MR) is 106 cm³/mol. The number of benzene rings is 1. The van der Waals surface area contributed by atoms with Crippen molar-refractivity contribution < 1.29 is 13.9 Å². The lowest BCUT2D eigenvalue weighted by molar-refractivity contribution is 0.156. The first-order chi connectivity index (χ1) is 14.6. The maximum atomic E-state index is 13.2. The largest absolute Gasteiger partial charge is 0.460 e. The standard InChI is InChI=1S/C20H18FN7O2/c21-15-11-24-20(27-19(15)23)29-14-5-7-28(8-6-14)17-9-18(26-12-25-17)30-16-4-2-1-3-13(16)10-22/h1-4,9,11-12,14H,5-8H2,(H2,23,24,27). The van der Waals surface area contributed by atoms with Crippen LogP contribution in [0.25, 0.3) is 0 Å². The highest BCUT2D eigenvalue weighted by Gasteiger charge is 2.23. The SMILES string of the molecule is N#Cc1ccccc1Oc1cc(N2CCC(Oc3ncc(F)c(N)n3)CC2)ncn1. The zero-order chi connectivity index (χ0) is 20.9. The van der Waals surface area contributed by atoms with Crippen molar-refractivity contribution in [1.29, 1.82) is 5.26 Å². The van der Waals surface area contributed by atoms with Gasteiger partial charge in [-0.1, -0.05) is 12.1 Å². The van der Waals surface area contributed by atoms with Gasteiger partial charge in [0.25, 0.3) is 0 Å². The van der Waals surface area contributed by atoms with Crippen LogP contribution in [0.2, 0.25) is 0 Å². The highest BCUT2D eigenvalue weighted by Crippen LogP contribution is 2.27. The minimum atomic E-state index is -0.670. The van der Waals surface area contributed by atoms with Crippen molar-refractivity contribution in [2.24, 2.45) is 0 Å². The van der Waals surface area contributed by atoms with E-state index in [1.54, 1.807) is 30.3 Å². The summed E-state index contributed by atoms with van der Waals surface area (Å²) >= 11 is 0. The van der Waals surface area contributed by atoms with Crippen LogP contribution in [0.5, 0.6) is 17.6 Å². The summed E-state index contributed by atoms with van der Waals surface area (Å²) in [4.78, 5) is 18.2. The van der Waals surface area contributed by atoms with Gasteiger partial charge in [0.2, 0.25) is 5.88 Å². The smallest absolute Gasteiger partial charge is 0.318 e. The number of nitriles is 1. The molecule has 3 heterocycles. The van der Waals surface area contributed by atoms with Crippen molar-refractivity contribution in [3.63, 3.8) is 0 Å². The minimum absolute atomic E-state index is 0.0706. The Kier molecular flexibility index (Phi) is 5.52. The Bertz CT molecular complexity index is 1080. The number of ether oxygens (including phenoxy) is 2. The van der Waals surface area contributed by atoms with Crippen LogP contribution in [-0.4, -0.2) is 39.1 Å². The lowest BCUT2D eigenvalue weighted by Crippen LogP contribution is -2.39. The topological polar surface area (TPSA) is 123 Å². The second kappa shape index (κ2) is 8.57. The molecule has 0 unspecified atom stereocenters. The minimum Gasteiger partial charge on any atom is -0.460 e. The fraction of sp³-hybridized carbons (Fsp3) is 0.250. The molecule has 1 saturated heterocycles. The maximum absolute atomic E-state index is 13.2. The van der Waals surface area contributed by atoms with Crippen molar-refractivity contribution in [2.75, 3.05) is 23.7 Å². The molecule has 10 heteroatoms. The van der Waals surface area contributed by atoms with Crippen molar-refractivity contribution >= 4 is 11.6 Å². The average molecular weight is 407 g/mol. The summed E-state index contributed by atoms with van der Waals surface area (Å²) in [6.45, 7) is 1.37. The maximum Gasteiger partial charge on any atom is 0.318 e. The number of rotatable bonds is 5. The van der Waals surface area contributed by atoms with E-state index in [-0.39, 0.29) is 17.9 Å². The summed E-state index contributed by atoms with van der Waals surface area (Å²) in [6, 6.07) is 10.9. The lowest BCUT2D eigenvalue weighted by atomic mass is 10.1. The van der Waals surface area contributed by atoms with Crippen LogP contribution in [0.1, 0.15) is 18.4 Å². The summed E-state index contributed by atoms with van der Waals surface area (Å²) in [5, 5.41) is 9.20. The van der Waals surface area contributed by atoms with Gasteiger partial charge in [-0.25, -0.2) is 19.3 Å². The first kappa shape index (κ1) is 19.3. The third kappa shape index (κ3) is 4.35. The van der Waals surface area contributed by atoms with Crippen LogP contribution >= 0.6 is 0 Å². The molecule has 152 valence electrons. The van der Waals surface area contributed by atoms with E-state index >= 15 is 0 Å². The molecule has 1 aliphatic heterocycles. The van der Waals surface area contributed by atoms with Gasteiger partial charge in [0, 0.05) is 32.0 Å². The fourth-order valence-corrected chi connectivity index (χ4v) is 3.09. The van der Waals surface area contributed by atoms with E-state index in [9.17, 15) is 9.65 Å². The highest BCUT2D eigenvalue weighted by molar-refractivity contribution is 5.46. The molecule has 0 amide bonds. The van der Waals surface area contributed by atoms with E-state index in [4.69, 9.17) is 15.2 Å². The zero-order valence-electron chi connectivity index (χ0n) is 15.9. The van der Waals surface area contributed by atoms with Crippen molar-refractivity contribution in [3.05, 3.63) is 54.2 Å². The third-order valence-corrected chi connectivity index (χ3v) is 4.64. The number of aromatic nitrogens is 4. The number of anilines is 2. The molecule has 3 aromatic rings. The Labute approximate surface area is 171 Å². The van der Waals surface area contributed by atoms with E-state index < -0.39 is 5.82 Å². The summed E-state index contributed by atoms with van der Waals surface area (Å²) in [6.07, 6.45) is 3.74. The van der Waals surface area contributed by atoms with Gasteiger partial charge in [-0.3, -0.25) is 0 Å². The number of nitrogens with zero attached hydrogens (tertiary/aromatic N) is 6. The molecule has 0 radical (unpaired) electrons. The van der Waals surface area contributed by atoms with Crippen LogP contribution in [0.3, 0.4) is 0 Å². The molecule has 0 atom stereocenters. The Balaban J connectivity index is 1.38. The van der Waals surface area contributed by atoms with Crippen molar-refractivity contribution in [2.45, 2.75) is 18.9 Å². The Morgan fingerprint density at radius 3 is 2.73 bits per heavy atom. The molecule has 1 fully saturated rings. The molecule has 30 heavy (non-hydrogen) atoms. The molecule has 4 rings (SSSR count). The van der Waals surface area contributed by atoms with E-state index in [0.717, 1.165) is 12.0 Å². The van der Waals surface area contributed by atoms with Gasteiger partial charge >= 0.3 is 6.01 Å². The highest BCUT2D eigenvalue weighted by atomic mass is 19.1. The van der Waals surface area contributed by atoms with Gasteiger partial charge in [0.15, 0.2) is 11.6 Å². The van der Waals surface area contributed by atoms with Gasteiger partial charge in [-0.05, 0) is 12.1 Å². The second-order valence-corrected chi connectivity index (χ2v) is 6.61. The first-order valence-electron chi connectivity index (χ1n) is 9.31. The monoisotopic (exact) mass is 407 g/mol. The molecule has 2 N–H and O–H groups in total. The molecule has 0 bridgehead atoms. The number of hydrogen-bond donors (Lipinski definition) is 1. The van der Waals surface area contributed by atoms with Crippen LogP contribution < -0.4 is 20.1 Å². The molecule has 0 spiro atoms. The van der Waals surface area contributed by atoms with Gasteiger partial charge < -0.3 is 20.1 Å². The molecular formula is C20H18FN7O2. The molecule has 9 nitrogen and oxygen atoms in total. The van der Waals surface area contributed by atoms with E-state index in [1.807, 2.05) is 0 Å². The lowest BCUT2D eigenvalue weighted by Gasteiger charge is -2.32. The molecular weight excluding hydrogens is 389 g/mol. The van der Waals surface area contributed by atoms with Gasteiger partial charge in [0.1, 0.15) is 30.1 Å². The quantitative estimate of drug-likeness (QED) is 0.680. The summed E-state index contributed by atoms with van der Waals surface area (Å²) in [5.74, 6) is 0.613. The van der Waals surface area contributed by atoms with Gasteiger partial charge in [-0.2, -0.15) is 10.2 Å². The Hall–Kier alpha value is -4.00. The predicted octanol–water partition coefficient (Wildman–Crippen LogP) is 2.70. The molecule has 2 aromatic heterocycles. The molecule has 0 saturated carbocycles. The first-order valence-corrected chi connectivity index (χ1v) is 9.31. The van der Waals surface area contributed by atoms with Crippen LogP contribution in [0.15, 0.2) is 42.9 Å². The van der Waals surface area contributed by atoms with E-state index in [1.165, 1.54) is 6.33 Å². The second-order valence-electron chi connectivity index (χ2n) is 6.61. The number of hydrogen-bond acceptors (Lipinski definition) is 9. The molecule has 1 aromatic carbocycles. The number of para-hydroxylation sites is 1. The van der Waals surface area contributed by atoms with Crippen molar-refractivity contribution in [3.8, 4) is 23.7 Å². The summed E-state index contributed by atoms with van der Waals surface area (Å²) < 4.78 is 24.7. The third-order valence-electron chi connectivity index (χ3n) is 4.64. The molecule has 1 aliphatic rings. The van der Waals surface area contributed by atoms with Gasteiger partial charge in [0.05, 0.1) is 11.8 Å². The number of piperidine rings is 1. The van der Waals surface area contributed by atoms with Crippen LogP contribution in [-0.2, 0) is 0 Å². The van der Waals surface area contributed by atoms with Gasteiger partial charge in [-0.15, -0.1) is 0 Å². The summed E-state index contributed by atoms with van der Waals surface area (Å²) in [5.41, 5.74) is 5.88. The molecule has 0 aliphatic carbocycles. The number of nitrogen functional groups attached to an aromatic ring is 1. The number of nitrogens with two attached hydrogens (primary N) is 1. The average Bonchev–Trinajstić information content (AvgIpc) is 2.77. The van der Waals surface area contributed by atoms with E-state index in [0.29, 0.717) is 43.1 Å². The zero-order valence-corrected chi connectivity index (χ0v) is 15.9. The van der Waals surface area contributed by atoms with Crippen LogP contribution in [0, 0.1) is 17.1 Å². The normalized spacial score (nSPS) is 14.2.